The molecular formula is C10H18N4O. The second-order valence-electron chi connectivity index (χ2n) is 3.41. The molecule has 0 aromatic carbocycles. The molecule has 0 aliphatic rings. The van der Waals surface area contributed by atoms with Crippen molar-refractivity contribution in [2.24, 2.45) is 0 Å². The predicted octanol–water partition coefficient (Wildman–Crippen LogP) is 0.311. The number of nitrogens with two attached hydrogens (primary N) is 1. The van der Waals surface area contributed by atoms with Crippen LogP contribution in [0.1, 0.15) is 24.8 Å². The molecule has 0 atom stereocenters. The average molecular weight is 210 g/mol. The first-order chi connectivity index (χ1) is 7.33. The smallest absolute Gasteiger partial charge is 0.219 e. The highest BCUT2D eigenvalue weighted by Gasteiger charge is 1.94. The number of hydrogen-bond acceptors (Lipinski definition) is 5. The molecule has 84 valence electrons. The zero-order valence-electron chi connectivity index (χ0n) is 8.82. The van der Waals surface area contributed by atoms with Crippen LogP contribution >= 0.6 is 0 Å². The molecule has 1 aromatic rings. The SMILES string of the molecule is Nc1ncc(CNCCCCCO)cn1. The van der Waals surface area contributed by atoms with Crippen molar-refractivity contribution in [3.8, 4) is 0 Å². The standard InChI is InChI=1S/C10H18N4O/c11-10-13-7-9(8-14-10)6-12-4-2-1-3-5-15/h7-8,12,15H,1-6H2,(H2,11,13,14). The Labute approximate surface area is 89.7 Å². The van der Waals surface area contributed by atoms with E-state index in [0.717, 1.165) is 37.9 Å². The van der Waals surface area contributed by atoms with Crippen molar-refractivity contribution < 1.29 is 5.11 Å². The summed E-state index contributed by atoms with van der Waals surface area (Å²) in [6, 6.07) is 0. The number of hydrogen-bond donors (Lipinski definition) is 3. The second-order valence-corrected chi connectivity index (χ2v) is 3.41. The second kappa shape index (κ2) is 7.14. The fourth-order valence-electron chi connectivity index (χ4n) is 1.23. The highest BCUT2D eigenvalue weighted by molar-refractivity contribution is 5.16. The van der Waals surface area contributed by atoms with E-state index < -0.39 is 0 Å². The third-order valence-electron chi connectivity index (χ3n) is 2.07. The van der Waals surface area contributed by atoms with Crippen molar-refractivity contribution >= 4 is 5.95 Å². The summed E-state index contributed by atoms with van der Waals surface area (Å²) < 4.78 is 0. The lowest BCUT2D eigenvalue weighted by Gasteiger charge is -2.03. The topological polar surface area (TPSA) is 84.1 Å². The molecule has 0 bridgehead atoms. The number of aliphatic hydroxyl groups excluding tert-OH is 1. The van der Waals surface area contributed by atoms with Crippen LogP contribution in [0.3, 0.4) is 0 Å². The summed E-state index contributed by atoms with van der Waals surface area (Å²) in [5, 5.41) is 11.9. The molecule has 5 heteroatoms. The summed E-state index contributed by atoms with van der Waals surface area (Å²) in [6.07, 6.45) is 6.47. The van der Waals surface area contributed by atoms with Gasteiger partial charge in [-0.3, -0.25) is 0 Å². The van der Waals surface area contributed by atoms with Crippen molar-refractivity contribution in [1.29, 1.82) is 0 Å². The first kappa shape index (κ1) is 11.9. The van der Waals surface area contributed by atoms with Gasteiger partial charge in [-0.1, -0.05) is 0 Å². The fraction of sp³-hybridized carbons (Fsp3) is 0.600. The van der Waals surface area contributed by atoms with Gasteiger partial charge in [0.1, 0.15) is 0 Å². The van der Waals surface area contributed by atoms with Gasteiger partial charge in [0.25, 0.3) is 0 Å². The summed E-state index contributed by atoms with van der Waals surface area (Å²) in [4.78, 5) is 7.80. The molecule has 1 rings (SSSR count). The fourth-order valence-corrected chi connectivity index (χ4v) is 1.23. The van der Waals surface area contributed by atoms with E-state index in [4.69, 9.17) is 10.8 Å². The molecule has 0 spiro atoms. The van der Waals surface area contributed by atoms with E-state index >= 15 is 0 Å². The lowest BCUT2D eigenvalue weighted by Crippen LogP contribution is -2.15. The number of aromatic nitrogens is 2. The van der Waals surface area contributed by atoms with Gasteiger partial charge >= 0.3 is 0 Å². The monoisotopic (exact) mass is 210 g/mol. The molecule has 0 aliphatic carbocycles. The summed E-state index contributed by atoms with van der Waals surface area (Å²) >= 11 is 0. The molecule has 0 radical (unpaired) electrons. The van der Waals surface area contributed by atoms with Gasteiger partial charge in [-0.05, 0) is 25.8 Å². The van der Waals surface area contributed by atoms with Gasteiger partial charge in [-0.25, -0.2) is 9.97 Å². The highest BCUT2D eigenvalue weighted by Crippen LogP contribution is 1.97. The molecule has 1 aromatic heterocycles. The van der Waals surface area contributed by atoms with Crippen molar-refractivity contribution in [3.05, 3.63) is 18.0 Å². The minimum absolute atomic E-state index is 0.284. The molecule has 0 fully saturated rings. The lowest BCUT2D eigenvalue weighted by atomic mass is 10.2. The first-order valence-corrected chi connectivity index (χ1v) is 5.21. The van der Waals surface area contributed by atoms with Crippen molar-refractivity contribution in [2.45, 2.75) is 25.8 Å². The van der Waals surface area contributed by atoms with E-state index in [0.29, 0.717) is 5.95 Å². The Balaban J connectivity index is 2.07. The number of rotatable bonds is 7. The molecular weight excluding hydrogens is 192 g/mol. The third kappa shape index (κ3) is 5.29. The Kier molecular flexibility index (Phi) is 5.65. The third-order valence-corrected chi connectivity index (χ3v) is 2.07. The number of anilines is 1. The highest BCUT2D eigenvalue weighted by atomic mass is 16.2. The maximum atomic E-state index is 8.58. The predicted molar refractivity (Wildman–Crippen MR) is 59.1 cm³/mol. The van der Waals surface area contributed by atoms with Crippen LogP contribution in [-0.4, -0.2) is 28.2 Å². The molecule has 15 heavy (non-hydrogen) atoms. The first-order valence-electron chi connectivity index (χ1n) is 5.21. The van der Waals surface area contributed by atoms with Crippen LogP contribution in [-0.2, 0) is 6.54 Å². The van der Waals surface area contributed by atoms with Crippen LogP contribution < -0.4 is 11.1 Å². The normalized spacial score (nSPS) is 10.5. The maximum absolute atomic E-state index is 8.58. The molecule has 1 heterocycles. The van der Waals surface area contributed by atoms with Crippen LogP contribution in [0, 0.1) is 0 Å². The Morgan fingerprint density at radius 2 is 1.93 bits per heavy atom. The lowest BCUT2D eigenvalue weighted by molar-refractivity contribution is 0.283. The summed E-state index contributed by atoms with van der Waals surface area (Å²) in [5.41, 5.74) is 6.40. The van der Waals surface area contributed by atoms with Crippen LogP contribution in [0.2, 0.25) is 0 Å². The molecule has 0 saturated heterocycles. The van der Waals surface area contributed by atoms with Gasteiger partial charge in [0.15, 0.2) is 0 Å². The minimum atomic E-state index is 0.284. The zero-order valence-corrected chi connectivity index (χ0v) is 8.82. The summed E-state index contributed by atoms with van der Waals surface area (Å²) in [6.45, 7) is 2.00. The van der Waals surface area contributed by atoms with Gasteiger partial charge < -0.3 is 16.2 Å². The van der Waals surface area contributed by atoms with Crippen molar-refractivity contribution in [1.82, 2.24) is 15.3 Å². The molecule has 4 N–H and O–H groups in total. The minimum Gasteiger partial charge on any atom is -0.396 e. The summed E-state index contributed by atoms with van der Waals surface area (Å²) in [7, 11) is 0. The Morgan fingerprint density at radius 1 is 1.20 bits per heavy atom. The van der Waals surface area contributed by atoms with E-state index in [9.17, 15) is 0 Å². The van der Waals surface area contributed by atoms with E-state index in [-0.39, 0.29) is 6.61 Å². The van der Waals surface area contributed by atoms with Crippen LogP contribution in [0.15, 0.2) is 12.4 Å². The maximum Gasteiger partial charge on any atom is 0.219 e. The van der Waals surface area contributed by atoms with E-state index in [1.807, 2.05) is 0 Å². The molecule has 0 aliphatic heterocycles. The van der Waals surface area contributed by atoms with Gasteiger partial charge in [0, 0.05) is 31.1 Å². The Hall–Kier alpha value is -1.20. The molecule has 0 unspecified atom stereocenters. The van der Waals surface area contributed by atoms with Gasteiger partial charge in [-0.2, -0.15) is 0 Å². The van der Waals surface area contributed by atoms with Gasteiger partial charge in [0.05, 0.1) is 0 Å². The van der Waals surface area contributed by atoms with Gasteiger partial charge in [-0.15, -0.1) is 0 Å². The zero-order chi connectivity index (χ0) is 10.9. The van der Waals surface area contributed by atoms with E-state index in [2.05, 4.69) is 15.3 Å². The van der Waals surface area contributed by atoms with E-state index in [1.165, 1.54) is 0 Å². The number of unbranched alkanes of at least 4 members (excludes halogenated alkanes) is 2. The van der Waals surface area contributed by atoms with Crippen molar-refractivity contribution in [2.75, 3.05) is 18.9 Å². The quantitative estimate of drug-likeness (QED) is 0.564. The van der Waals surface area contributed by atoms with E-state index in [1.54, 1.807) is 12.4 Å². The Bertz CT molecular complexity index is 263. The number of nitrogens with zero attached hydrogens (tertiary/aromatic N) is 2. The average Bonchev–Trinajstić information content (AvgIpc) is 2.26. The number of nitrogen functional groups attached to an aromatic ring is 1. The largest absolute Gasteiger partial charge is 0.396 e. The molecule has 5 nitrogen and oxygen atoms in total. The molecule has 0 amide bonds. The van der Waals surface area contributed by atoms with Crippen LogP contribution in [0.5, 0.6) is 0 Å². The molecule has 0 saturated carbocycles. The summed E-state index contributed by atoms with van der Waals surface area (Å²) in [5.74, 6) is 0.307. The van der Waals surface area contributed by atoms with Gasteiger partial charge in [0.2, 0.25) is 5.95 Å². The van der Waals surface area contributed by atoms with Crippen LogP contribution in [0.4, 0.5) is 5.95 Å². The Morgan fingerprint density at radius 3 is 2.60 bits per heavy atom. The van der Waals surface area contributed by atoms with Crippen LogP contribution in [0.25, 0.3) is 0 Å². The number of aliphatic hydroxyl groups is 1. The number of nitrogens with one attached hydrogen (secondary N) is 1. The van der Waals surface area contributed by atoms with Crippen molar-refractivity contribution in [3.63, 3.8) is 0 Å².